The van der Waals surface area contributed by atoms with Gasteiger partial charge in [0.05, 0.1) is 11.6 Å². The molecule has 1 N–H and O–H groups in total. The second-order valence-corrected chi connectivity index (χ2v) is 7.44. The number of piperidine rings is 1. The molecule has 1 aliphatic heterocycles. The van der Waals surface area contributed by atoms with Gasteiger partial charge in [-0.15, -0.1) is 11.3 Å². The summed E-state index contributed by atoms with van der Waals surface area (Å²) in [5.41, 5.74) is 1.54. The van der Waals surface area contributed by atoms with Crippen LogP contribution in [0.5, 0.6) is 0 Å². The number of aromatic nitrogens is 2. The minimum absolute atomic E-state index is 0.0458. The molecular formula is C19H20N4O2S. The van der Waals surface area contributed by atoms with Gasteiger partial charge >= 0.3 is 0 Å². The van der Waals surface area contributed by atoms with Gasteiger partial charge in [-0.25, -0.2) is 4.98 Å². The van der Waals surface area contributed by atoms with E-state index in [4.69, 9.17) is 0 Å². The minimum atomic E-state index is -0.0540. The molecule has 0 radical (unpaired) electrons. The zero-order valence-electron chi connectivity index (χ0n) is 14.3. The maximum absolute atomic E-state index is 12.6. The second-order valence-electron chi connectivity index (χ2n) is 6.57. The lowest BCUT2D eigenvalue weighted by molar-refractivity contribution is -0.121. The maximum atomic E-state index is 12.6. The lowest BCUT2D eigenvalue weighted by Crippen LogP contribution is -2.40. The van der Waals surface area contributed by atoms with Crippen molar-refractivity contribution in [2.24, 2.45) is 5.92 Å². The van der Waals surface area contributed by atoms with E-state index >= 15 is 0 Å². The number of anilines is 1. The number of fused-ring (bicyclic) bond motifs is 1. The highest BCUT2D eigenvalue weighted by Gasteiger charge is 2.26. The van der Waals surface area contributed by atoms with E-state index in [1.54, 1.807) is 16.7 Å². The molecule has 0 saturated carbocycles. The van der Waals surface area contributed by atoms with E-state index in [0.717, 1.165) is 30.8 Å². The summed E-state index contributed by atoms with van der Waals surface area (Å²) in [7, 11) is 0. The fourth-order valence-corrected chi connectivity index (χ4v) is 4.12. The van der Waals surface area contributed by atoms with Crippen LogP contribution in [0.4, 0.5) is 5.69 Å². The third-order valence-electron chi connectivity index (χ3n) is 4.66. The topological polar surface area (TPSA) is 66.7 Å². The Kier molecular flexibility index (Phi) is 4.81. The molecule has 3 heterocycles. The summed E-state index contributed by atoms with van der Waals surface area (Å²) in [5, 5.41) is 4.85. The third kappa shape index (κ3) is 3.68. The highest BCUT2D eigenvalue weighted by molar-refractivity contribution is 7.15. The molecule has 0 unspecified atom stereocenters. The smallest absolute Gasteiger partial charge is 0.258 e. The van der Waals surface area contributed by atoms with Gasteiger partial charge in [0.25, 0.3) is 5.56 Å². The summed E-state index contributed by atoms with van der Waals surface area (Å²) in [6, 6.07) is 11.1. The summed E-state index contributed by atoms with van der Waals surface area (Å²) in [6.45, 7) is 2.20. The molecular weight excluding hydrogens is 348 g/mol. The number of thiazole rings is 1. The minimum Gasteiger partial charge on any atom is -0.326 e. The van der Waals surface area contributed by atoms with Crippen LogP contribution in [0.15, 0.2) is 52.8 Å². The number of nitrogens with zero attached hydrogens (tertiary/aromatic N) is 3. The molecule has 6 nitrogen and oxygen atoms in total. The molecule has 1 aromatic carbocycles. The number of carbonyl (C=O) groups is 1. The zero-order valence-corrected chi connectivity index (χ0v) is 15.1. The Bertz CT molecular complexity index is 966. The molecule has 134 valence electrons. The van der Waals surface area contributed by atoms with E-state index in [0.29, 0.717) is 18.1 Å². The summed E-state index contributed by atoms with van der Waals surface area (Å²) in [5.74, 6) is 0.0122. The zero-order chi connectivity index (χ0) is 17.9. The Morgan fingerprint density at radius 3 is 3.00 bits per heavy atom. The van der Waals surface area contributed by atoms with Crippen molar-refractivity contribution in [1.82, 2.24) is 14.3 Å². The first-order valence-corrected chi connectivity index (χ1v) is 9.61. The molecule has 4 rings (SSSR count). The molecule has 2 aromatic heterocycles. The van der Waals surface area contributed by atoms with E-state index in [-0.39, 0.29) is 17.4 Å². The molecule has 26 heavy (non-hydrogen) atoms. The van der Waals surface area contributed by atoms with Crippen LogP contribution in [0.25, 0.3) is 4.96 Å². The Morgan fingerprint density at radius 1 is 1.31 bits per heavy atom. The van der Waals surface area contributed by atoms with Crippen LogP contribution in [0, 0.1) is 5.92 Å². The van der Waals surface area contributed by atoms with Gasteiger partial charge in [-0.3, -0.25) is 18.9 Å². The third-order valence-corrected chi connectivity index (χ3v) is 5.42. The monoisotopic (exact) mass is 368 g/mol. The number of para-hydroxylation sites is 1. The van der Waals surface area contributed by atoms with Crippen LogP contribution in [0.1, 0.15) is 18.5 Å². The van der Waals surface area contributed by atoms with Crippen molar-refractivity contribution < 1.29 is 4.79 Å². The number of rotatable bonds is 4. The summed E-state index contributed by atoms with van der Waals surface area (Å²) in [6.07, 6.45) is 3.59. The van der Waals surface area contributed by atoms with Crippen molar-refractivity contribution >= 4 is 27.9 Å². The molecule has 0 aliphatic carbocycles. The number of amides is 1. The molecule has 1 aliphatic rings. The Balaban J connectivity index is 1.42. The largest absolute Gasteiger partial charge is 0.326 e. The Morgan fingerprint density at radius 2 is 2.15 bits per heavy atom. The molecule has 1 atom stereocenters. The average Bonchev–Trinajstić information content (AvgIpc) is 3.12. The van der Waals surface area contributed by atoms with Gasteiger partial charge in [-0.1, -0.05) is 18.2 Å². The van der Waals surface area contributed by atoms with Crippen molar-refractivity contribution in [3.63, 3.8) is 0 Å². The highest BCUT2D eigenvalue weighted by Crippen LogP contribution is 2.20. The van der Waals surface area contributed by atoms with Crippen molar-refractivity contribution in [3.8, 4) is 0 Å². The van der Waals surface area contributed by atoms with Crippen LogP contribution in [0.3, 0.4) is 0 Å². The first kappa shape index (κ1) is 16.9. The predicted octanol–water partition coefficient (Wildman–Crippen LogP) is 2.61. The number of hydrogen-bond donors (Lipinski definition) is 1. The first-order valence-electron chi connectivity index (χ1n) is 8.73. The lowest BCUT2D eigenvalue weighted by Gasteiger charge is -2.31. The van der Waals surface area contributed by atoms with E-state index in [1.165, 1.54) is 11.3 Å². The second kappa shape index (κ2) is 7.39. The van der Waals surface area contributed by atoms with Crippen molar-refractivity contribution in [2.75, 3.05) is 18.4 Å². The summed E-state index contributed by atoms with van der Waals surface area (Å²) < 4.78 is 1.56. The van der Waals surface area contributed by atoms with Crippen LogP contribution in [-0.2, 0) is 11.3 Å². The maximum Gasteiger partial charge on any atom is 0.258 e. The van der Waals surface area contributed by atoms with Crippen molar-refractivity contribution in [1.29, 1.82) is 0 Å². The molecule has 1 amide bonds. The normalized spacial score (nSPS) is 18.1. The molecule has 1 fully saturated rings. The van der Waals surface area contributed by atoms with Crippen molar-refractivity contribution in [2.45, 2.75) is 19.4 Å². The SMILES string of the molecule is O=C(Nc1ccccc1)[C@H]1CCCN(Cc2cc(=O)n3ccsc3n2)C1. The first-order chi connectivity index (χ1) is 12.7. The van der Waals surface area contributed by atoms with E-state index in [2.05, 4.69) is 15.2 Å². The van der Waals surface area contributed by atoms with Crippen LogP contribution < -0.4 is 10.9 Å². The lowest BCUT2D eigenvalue weighted by atomic mass is 9.97. The fourth-order valence-electron chi connectivity index (χ4n) is 3.38. The molecule has 0 bridgehead atoms. The number of carbonyl (C=O) groups excluding carboxylic acids is 1. The average molecular weight is 368 g/mol. The van der Waals surface area contributed by atoms with Gasteiger partial charge in [0.2, 0.25) is 5.91 Å². The number of likely N-dealkylation sites (tertiary alicyclic amines) is 1. The summed E-state index contributed by atoms with van der Waals surface area (Å²) >= 11 is 1.45. The van der Waals surface area contributed by atoms with Crippen LogP contribution in [0.2, 0.25) is 0 Å². The number of hydrogen-bond acceptors (Lipinski definition) is 5. The van der Waals surface area contributed by atoms with Gasteiger partial charge < -0.3 is 5.32 Å². The van der Waals surface area contributed by atoms with Gasteiger partial charge in [0.1, 0.15) is 0 Å². The van der Waals surface area contributed by atoms with Gasteiger partial charge in [0, 0.05) is 36.4 Å². The standard InChI is InChI=1S/C19H20N4O2S/c24-17-11-16(21-19-23(17)9-10-26-19)13-22-8-4-5-14(12-22)18(25)20-15-6-2-1-3-7-15/h1-3,6-7,9-11,14H,4-5,8,12-13H2,(H,20,25)/t14-/m0/s1. The number of benzene rings is 1. The highest BCUT2D eigenvalue weighted by atomic mass is 32.1. The Labute approximate surface area is 155 Å². The van der Waals surface area contributed by atoms with E-state index < -0.39 is 0 Å². The van der Waals surface area contributed by atoms with Gasteiger partial charge in [-0.05, 0) is 31.5 Å². The van der Waals surface area contributed by atoms with Gasteiger partial charge in [-0.2, -0.15) is 0 Å². The van der Waals surface area contributed by atoms with E-state index in [1.807, 2.05) is 35.7 Å². The Hall–Kier alpha value is -2.51. The predicted molar refractivity (Wildman–Crippen MR) is 102 cm³/mol. The molecule has 3 aromatic rings. The van der Waals surface area contributed by atoms with Crippen molar-refractivity contribution in [3.05, 3.63) is 64.0 Å². The number of nitrogens with one attached hydrogen (secondary N) is 1. The van der Waals surface area contributed by atoms with Gasteiger partial charge in [0.15, 0.2) is 4.96 Å². The quantitative estimate of drug-likeness (QED) is 0.769. The molecule has 0 spiro atoms. The summed E-state index contributed by atoms with van der Waals surface area (Å²) in [4.78, 5) is 32.2. The van der Waals surface area contributed by atoms with Crippen LogP contribution in [-0.4, -0.2) is 33.3 Å². The molecule has 1 saturated heterocycles. The van der Waals surface area contributed by atoms with E-state index in [9.17, 15) is 9.59 Å². The van der Waals surface area contributed by atoms with Crippen LogP contribution >= 0.6 is 11.3 Å². The molecule has 7 heteroatoms. The fraction of sp³-hybridized carbons (Fsp3) is 0.316.